The van der Waals surface area contributed by atoms with E-state index in [1.165, 1.54) is 43.2 Å². The van der Waals surface area contributed by atoms with Crippen molar-refractivity contribution < 1.29 is 0 Å². The summed E-state index contributed by atoms with van der Waals surface area (Å²) in [4.78, 5) is 0. The van der Waals surface area contributed by atoms with Crippen molar-refractivity contribution in [2.24, 2.45) is 5.92 Å². The Morgan fingerprint density at radius 2 is 1.63 bits per heavy atom. The summed E-state index contributed by atoms with van der Waals surface area (Å²) in [6, 6.07) is 9.67. The smallest absolute Gasteiger partial charge is 0.00727 e. The number of aryl methyl sites for hydroxylation is 2. The lowest BCUT2D eigenvalue weighted by molar-refractivity contribution is 0.356. The fourth-order valence-corrected chi connectivity index (χ4v) is 2.71. The van der Waals surface area contributed by atoms with Crippen LogP contribution in [0.4, 0.5) is 0 Å². The van der Waals surface area contributed by atoms with Crippen molar-refractivity contribution in [2.75, 3.05) is 6.54 Å². The van der Waals surface area contributed by atoms with Gasteiger partial charge in [0.05, 0.1) is 0 Å². The summed E-state index contributed by atoms with van der Waals surface area (Å²) in [6.07, 6.45) is 6.39. The van der Waals surface area contributed by atoms with E-state index in [0.717, 1.165) is 12.5 Å². The Morgan fingerprint density at radius 3 is 2.16 bits per heavy atom. The van der Waals surface area contributed by atoms with Gasteiger partial charge in [0.25, 0.3) is 0 Å². The second-order valence-electron chi connectivity index (χ2n) is 5.70. The molecule has 0 saturated heterocycles. The van der Waals surface area contributed by atoms with Gasteiger partial charge in [-0.2, -0.15) is 0 Å². The van der Waals surface area contributed by atoms with Crippen molar-refractivity contribution in [3.05, 3.63) is 35.4 Å². The molecule has 19 heavy (non-hydrogen) atoms. The molecule has 1 unspecified atom stereocenters. The highest BCUT2D eigenvalue weighted by molar-refractivity contribution is 5.21. The molecule has 0 aliphatic heterocycles. The van der Waals surface area contributed by atoms with Gasteiger partial charge >= 0.3 is 0 Å². The Balaban J connectivity index is 2.46. The third-order valence-corrected chi connectivity index (χ3v) is 4.17. The quantitative estimate of drug-likeness (QED) is 0.677. The number of nitrogens with one attached hydrogen (secondary N) is 1. The molecule has 0 bridgehead atoms. The fourth-order valence-electron chi connectivity index (χ4n) is 2.71. The van der Waals surface area contributed by atoms with E-state index >= 15 is 0 Å². The van der Waals surface area contributed by atoms with Gasteiger partial charge in [0, 0.05) is 6.04 Å². The maximum Gasteiger partial charge on any atom is 0.00727 e. The van der Waals surface area contributed by atoms with Gasteiger partial charge in [-0.05, 0) is 44.2 Å². The molecule has 0 radical (unpaired) electrons. The van der Waals surface area contributed by atoms with Crippen molar-refractivity contribution >= 4 is 0 Å². The highest BCUT2D eigenvalue weighted by Gasteiger charge is 2.13. The summed E-state index contributed by atoms with van der Waals surface area (Å²) >= 11 is 0. The second-order valence-corrected chi connectivity index (χ2v) is 5.70. The molecule has 1 heteroatoms. The summed E-state index contributed by atoms with van der Waals surface area (Å²) in [6.45, 7) is 10.1. The molecule has 0 fully saturated rings. The van der Waals surface area contributed by atoms with E-state index in [-0.39, 0.29) is 0 Å². The maximum atomic E-state index is 3.66. The molecule has 1 atom stereocenters. The minimum Gasteiger partial charge on any atom is -0.314 e. The lowest BCUT2D eigenvalue weighted by Crippen LogP contribution is -2.31. The van der Waals surface area contributed by atoms with Crippen LogP contribution in [0.25, 0.3) is 0 Å². The van der Waals surface area contributed by atoms with Gasteiger partial charge in [-0.1, -0.05) is 63.4 Å². The maximum absolute atomic E-state index is 3.66. The standard InChI is InChI=1S/C18H31N/c1-5-16(6-2)14-18(19-7-3)13-12-17-10-8-15(4)9-11-17/h8-11,16,18-19H,5-7,12-14H2,1-4H3. The van der Waals surface area contributed by atoms with E-state index in [1.807, 2.05) is 0 Å². The average molecular weight is 261 g/mol. The minimum atomic E-state index is 0.677. The lowest BCUT2D eigenvalue weighted by Gasteiger charge is -2.22. The lowest BCUT2D eigenvalue weighted by atomic mass is 9.91. The predicted octanol–water partition coefficient (Wildman–Crippen LogP) is 4.73. The van der Waals surface area contributed by atoms with Crippen molar-refractivity contribution in [3.8, 4) is 0 Å². The molecule has 0 aliphatic rings. The van der Waals surface area contributed by atoms with Gasteiger partial charge in [0.2, 0.25) is 0 Å². The van der Waals surface area contributed by atoms with Crippen LogP contribution in [0.15, 0.2) is 24.3 Å². The van der Waals surface area contributed by atoms with Gasteiger partial charge in [-0.15, -0.1) is 0 Å². The van der Waals surface area contributed by atoms with E-state index in [4.69, 9.17) is 0 Å². The highest BCUT2D eigenvalue weighted by Crippen LogP contribution is 2.18. The van der Waals surface area contributed by atoms with Crippen molar-refractivity contribution in [2.45, 2.75) is 65.8 Å². The molecule has 0 saturated carbocycles. The first-order chi connectivity index (χ1) is 9.19. The Hall–Kier alpha value is -0.820. The zero-order valence-corrected chi connectivity index (χ0v) is 13.2. The number of rotatable bonds is 9. The van der Waals surface area contributed by atoms with Crippen LogP contribution < -0.4 is 5.32 Å². The van der Waals surface area contributed by atoms with Gasteiger partial charge in [0.1, 0.15) is 0 Å². The van der Waals surface area contributed by atoms with E-state index in [1.54, 1.807) is 0 Å². The summed E-state index contributed by atoms with van der Waals surface area (Å²) in [7, 11) is 0. The van der Waals surface area contributed by atoms with Crippen LogP contribution in [-0.2, 0) is 6.42 Å². The zero-order valence-electron chi connectivity index (χ0n) is 13.2. The van der Waals surface area contributed by atoms with E-state index in [0.29, 0.717) is 6.04 Å². The molecule has 1 aromatic rings. The van der Waals surface area contributed by atoms with Crippen LogP contribution >= 0.6 is 0 Å². The Kier molecular flexibility index (Phi) is 7.81. The highest BCUT2D eigenvalue weighted by atomic mass is 14.9. The molecule has 0 aliphatic carbocycles. The van der Waals surface area contributed by atoms with Crippen LogP contribution in [-0.4, -0.2) is 12.6 Å². The van der Waals surface area contributed by atoms with Gasteiger partial charge in [0.15, 0.2) is 0 Å². The molecule has 108 valence electrons. The SMILES string of the molecule is CCNC(CCc1ccc(C)cc1)CC(CC)CC. The fraction of sp³-hybridized carbons (Fsp3) is 0.667. The Labute approximate surface area is 119 Å². The second kappa shape index (κ2) is 9.14. The predicted molar refractivity (Wildman–Crippen MR) is 85.7 cm³/mol. The zero-order chi connectivity index (χ0) is 14.1. The average Bonchev–Trinajstić information content (AvgIpc) is 2.43. The molecule has 0 amide bonds. The van der Waals surface area contributed by atoms with Gasteiger partial charge in [-0.3, -0.25) is 0 Å². The largest absolute Gasteiger partial charge is 0.314 e. The molecular weight excluding hydrogens is 230 g/mol. The monoisotopic (exact) mass is 261 g/mol. The summed E-state index contributed by atoms with van der Waals surface area (Å²) in [5.41, 5.74) is 2.82. The van der Waals surface area contributed by atoms with Gasteiger partial charge in [-0.25, -0.2) is 0 Å². The van der Waals surface area contributed by atoms with Crippen LogP contribution in [0, 0.1) is 12.8 Å². The first-order valence-corrected chi connectivity index (χ1v) is 7.98. The summed E-state index contributed by atoms with van der Waals surface area (Å²) in [5, 5.41) is 3.66. The molecular formula is C18H31N. The third kappa shape index (κ3) is 6.24. The van der Waals surface area contributed by atoms with Crippen molar-refractivity contribution in [1.29, 1.82) is 0 Å². The molecule has 1 N–H and O–H groups in total. The van der Waals surface area contributed by atoms with E-state index in [9.17, 15) is 0 Å². The third-order valence-electron chi connectivity index (χ3n) is 4.17. The first kappa shape index (κ1) is 16.2. The molecule has 0 aromatic heterocycles. The summed E-state index contributed by atoms with van der Waals surface area (Å²) in [5.74, 6) is 0.877. The van der Waals surface area contributed by atoms with Crippen LogP contribution in [0.2, 0.25) is 0 Å². The minimum absolute atomic E-state index is 0.677. The molecule has 1 nitrogen and oxygen atoms in total. The van der Waals surface area contributed by atoms with Crippen LogP contribution in [0.3, 0.4) is 0 Å². The van der Waals surface area contributed by atoms with Crippen LogP contribution in [0.1, 0.15) is 57.6 Å². The summed E-state index contributed by atoms with van der Waals surface area (Å²) < 4.78 is 0. The molecule has 1 aromatic carbocycles. The topological polar surface area (TPSA) is 12.0 Å². The number of hydrogen-bond acceptors (Lipinski definition) is 1. The van der Waals surface area contributed by atoms with Crippen molar-refractivity contribution in [3.63, 3.8) is 0 Å². The molecule has 0 heterocycles. The van der Waals surface area contributed by atoms with E-state index in [2.05, 4.69) is 57.3 Å². The Bertz CT molecular complexity index is 324. The molecule has 0 spiro atoms. The normalized spacial score (nSPS) is 12.9. The van der Waals surface area contributed by atoms with E-state index < -0.39 is 0 Å². The number of benzene rings is 1. The van der Waals surface area contributed by atoms with Crippen molar-refractivity contribution in [1.82, 2.24) is 5.32 Å². The Morgan fingerprint density at radius 1 is 1.00 bits per heavy atom. The first-order valence-electron chi connectivity index (χ1n) is 7.98. The van der Waals surface area contributed by atoms with Gasteiger partial charge < -0.3 is 5.32 Å². The van der Waals surface area contributed by atoms with Crippen LogP contribution in [0.5, 0.6) is 0 Å². The number of hydrogen-bond donors (Lipinski definition) is 1. The molecule has 1 rings (SSSR count).